The highest BCUT2D eigenvalue weighted by molar-refractivity contribution is 7.14. The average molecular weight is 306 g/mol. The summed E-state index contributed by atoms with van der Waals surface area (Å²) in [5.41, 5.74) is 6.28. The zero-order chi connectivity index (χ0) is 15.2. The highest BCUT2D eigenvalue weighted by atomic mass is 32.1. The number of piperidine rings is 1. The minimum absolute atomic E-state index is 0.0315. The number of carbonyl (C=O) groups excluding carboxylic acids is 1. The van der Waals surface area contributed by atoms with Crippen LogP contribution in [-0.2, 0) is 4.79 Å². The Morgan fingerprint density at radius 2 is 2.43 bits per heavy atom. The van der Waals surface area contributed by atoms with Gasteiger partial charge in [-0.3, -0.25) is 9.69 Å². The number of hydrogen-bond donors (Lipinski definition) is 2. The van der Waals surface area contributed by atoms with Crippen molar-refractivity contribution in [2.24, 2.45) is 11.7 Å². The molecule has 1 aliphatic heterocycles. The third-order valence-corrected chi connectivity index (χ3v) is 4.94. The van der Waals surface area contributed by atoms with E-state index in [1.54, 1.807) is 6.07 Å². The third kappa shape index (κ3) is 4.27. The van der Waals surface area contributed by atoms with E-state index in [0.717, 1.165) is 26.1 Å². The Labute approximate surface area is 129 Å². The fourth-order valence-electron chi connectivity index (χ4n) is 2.69. The Morgan fingerprint density at radius 3 is 3.14 bits per heavy atom. The molecule has 1 aliphatic rings. The van der Waals surface area contributed by atoms with Gasteiger partial charge in [-0.2, -0.15) is 5.26 Å². The van der Waals surface area contributed by atoms with Crippen molar-refractivity contribution < 1.29 is 4.79 Å². The first-order valence-corrected chi connectivity index (χ1v) is 8.23. The molecule has 2 unspecified atom stereocenters. The number of amides is 1. The summed E-state index contributed by atoms with van der Waals surface area (Å²) in [6.07, 6.45) is 2.78. The van der Waals surface area contributed by atoms with Gasteiger partial charge in [-0.05, 0) is 43.7 Å². The van der Waals surface area contributed by atoms with E-state index in [0.29, 0.717) is 28.9 Å². The van der Waals surface area contributed by atoms with E-state index in [4.69, 9.17) is 11.0 Å². The highest BCUT2D eigenvalue weighted by Gasteiger charge is 2.24. The van der Waals surface area contributed by atoms with Crippen LogP contribution in [0.4, 0.5) is 5.00 Å². The second kappa shape index (κ2) is 7.55. The fraction of sp³-hybridized carbons (Fsp3) is 0.600. The minimum atomic E-state index is -0.0315. The maximum absolute atomic E-state index is 12.0. The molecule has 1 amide bonds. The summed E-state index contributed by atoms with van der Waals surface area (Å²) in [5, 5.41) is 14.2. The summed E-state index contributed by atoms with van der Waals surface area (Å²) in [6.45, 7) is 4.65. The molecular formula is C15H22N4OS. The van der Waals surface area contributed by atoms with Gasteiger partial charge in [-0.1, -0.05) is 0 Å². The predicted molar refractivity (Wildman–Crippen MR) is 85.1 cm³/mol. The lowest BCUT2D eigenvalue weighted by Crippen LogP contribution is -2.44. The largest absolute Gasteiger partial charge is 0.330 e. The van der Waals surface area contributed by atoms with Crippen molar-refractivity contribution in [2.75, 3.05) is 25.0 Å². The zero-order valence-corrected chi connectivity index (χ0v) is 13.2. The maximum Gasteiger partial charge on any atom is 0.226 e. The lowest BCUT2D eigenvalue weighted by molar-refractivity contribution is -0.116. The standard InChI is InChI=1S/C15H22N4OS/c1-11-2-3-12(8-16)10-19(11)6-4-14(20)18-15-13(9-17)5-7-21-15/h5,7,11-12H,2-4,6,8,10,16H2,1H3,(H,18,20). The molecule has 0 aliphatic carbocycles. The van der Waals surface area contributed by atoms with E-state index >= 15 is 0 Å². The molecule has 1 aromatic rings. The normalized spacial score (nSPS) is 22.7. The number of hydrogen-bond acceptors (Lipinski definition) is 5. The molecule has 2 rings (SSSR count). The summed E-state index contributed by atoms with van der Waals surface area (Å²) in [5.74, 6) is 0.516. The van der Waals surface area contributed by atoms with Gasteiger partial charge < -0.3 is 11.1 Å². The number of nitrogens with one attached hydrogen (secondary N) is 1. The molecule has 1 fully saturated rings. The Morgan fingerprint density at radius 1 is 1.62 bits per heavy atom. The van der Waals surface area contributed by atoms with Gasteiger partial charge in [0.25, 0.3) is 0 Å². The van der Waals surface area contributed by atoms with Crippen LogP contribution in [0.3, 0.4) is 0 Å². The first-order valence-electron chi connectivity index (χ1n) is 7.35. The molecule has 21 heavy (non-hydrogen) atoms. The molecule has 0 bridgehead atoms. The van der Waals surface area contributed by atoms with Gasteiger partial charge in [0.05, 0.1) is 5.56 Å². The molecule has 1 aromatic heterocycles. The second-order valence-corrected chi connectivity index (χ2v) is 6.51. The molecule has 0 aromatic carbocycles. The molecule has 0 spiro atoms. The van der Waals surface area contributed by atoms with Crippen LogP contribution in [0.25, 0.3) is 0 Å². The van der Waals surface area contributed by atoms with E-state index in [1.165, 1.54) is 17.8 Å². The monoisotopic (exact) mass is 306 g/mol. The van der Waals surface area contributed by atoms with Crippen molar-refractivity contribution in [1.29, 1.82) is 5.26 Å². The van der Waals surface area contributed by atoms with Crippen LogP contribution in [-0.4, -0.2) is 36.5 Å². The van der Waals surface area contributed by atoms with Crippen LogP contribution < -0.4 is 11.1 Å². The first kappa shape index (κ1) is 16.0. The Balaban J connectivity index is 1.82. The van der Waals surface area contributed by atoms with Crippen molar-refractivity contribution >= 4 is 22.2 Å². The smallest absolute Gasteiger partial charge is 0.226 e. The van der Waals surface area contributed by atoms with Crippen LogP contribution in [0.2, 0.25) is 0 Å². The number of thiophene rings is 1. The molecular weight excluding hydrogens is 284 g/mol. The Kier molecular flexibility index (Phi) is 5.74. The lowest BCUT2D eigenvalue weighted by atomic mass is 9.93. The summed E-state index contributed by atoms with van der Waals surface area (Å²) >= 11 is 1.38. The van der Waals surface area contributed by atoms with E-state index < -0.39 is 0 Å². The Bertz CT molecular complexity index is 522. The van der Waals surface area contributed by atoms with Gasteiger partial charge in [0.2, 0.25) is 5.91 Å². The minimum Gasteiger partial charge on any atom is -0.330 e. The van der Waals surface area contributed by atoms with Crippen molar-refractivity contribution in [3.8, 4) is 6.07 Å². The van der Waals surface area contributed by atoms with Crippen molar-refractivity contribution in [1.82, 2.24) is 4.90 Å². The molecule has 0 saturated carbocycles. The van der Waals surface area contributed by atoms with E-state index in [1.807, 2.05) is 5.38 Å². The predicted octanol–water partition coefficient (Wildman–Crippen LogP) is 2.01. The first-order chi connectivity index (χ1) is 10.1. The van der Waals surface area contributed by atoms with Gasteiger partial charge in [0, 0.05) is 25.6 Å². The lowest BCUT2D eigenvalue weighted by Gasteiger charge is -2.37. The number of carbonyl (C=O) groups is 1. The average Bonchev–Trinajstić information content (AvgIpc) is 2.93. The number of nitrogens with two attached hydrogens (primary N) is 1. The molecule has 114 valence electrons. The van der Waals surface area contributed by atoms with Crippen molar-refractivity contribution in [2.45, 2.75) is 32.2 Å². The number of likely N-dealkylation sites (tertiary alicyclic amines) is 1. The van der Waals surface area contributed by atoms with E-state index in [2.05, 4.69) is 23.2 Å². The van der Waals surface area contributed by atoms with Crippen LogP contribution in [0, 0.1) is 17.2 Å². The van der Waals surface area contributed by atoms with Gasteiger partial charge >= 0.3 is 0 Å². The van der Waals surface area contributed by atoms with Gasteiger partial charge in [0.15, 0.2) is 0 Å². The van der Waals surface area contributed by atoms with Crippen LogP contribution >= 0.6 is 11.3 Å². The zero-order valence-electron chi connectivity index (χ0n) is 12.3. The summed E-state index contributed by atoms with van der Waals surface area (Å²) in [7, 11) is 0. The van der Waals surface area contributed by atoms with Gasteiger partial charge in [0.1, 0.15) is 11.1 Å². The van der Waals surface area contributed by atoms with Crippen LogP contribution in [0.5, 0.6) is 0 Å². The van der Waals surface area contributed by atoms with Crippen LogP contribution in [0.15, 0.2) is 11.4 Å². The number of rotatable bonds is 5. The fourth-order valence-corrected chi connectivity index (χ4v) is 3.45. The maximum atomic E-state index is 12.0. The van der Waals surface area contributed by atoms with Crippen molar-refractivity contribution in [3.63, 3.8) is 0 Å². The third-order valence-electron chi connectivity index (χ3n) is 4.11. The number of nitrogens with zero attached hydrogens (tertiary/aromatic N) is 2. The van der Waals surface area contributed by atoms with Gasteiger partial charge in [-0.25, -0.2) is 0 Å². The molecule has 3 N–H and O–H groups in total. The topological polar surface area (TPSA) is 82.2 Å². The number of anilines is 1. The molecule has 2 atom stereocenters. The van der Waals surface area contributed by atoms with Crippen LogP contribution in [0.1, 0.15) is 31.7 Å². The second-order valence-electron chi connectivity index (χ2n) is 5.60. The Hall–Kier alpha value is -1.42. The molecule has 5 nitrogen and oxygen atoms in total. The van der Waals surface area contributed by atoms with E-state index in [9.17, 15) is 4.79 Å². The summed E-state index contributed by atoms with van der Waals surface area (Å²) in [6, 6.07) is 4.31. The molecule has 2 heterocycles. The molecule has 0 radical (unpaired) electrons. The summed E-state index contributed by atoms with van der Waals surface area (Å²) in [4.78, 5) is 14.4. The van der Waals surface area contributed by atoms with Gasteiger partial charge in [-0.15, -0.1) is 11.3 Å². The molecule has 6 heteroatoms. The summed E-state index contributed by atoms with van der Waals surface area (Å²) < 4.78 is 0. The van der Waals surface area contributed by atoms with E-state index in [-0.39, 0.29) is 5.91 Å². The van der Waals surface area contributed by atoms with Crippen molar-refractivity contribution in [3.05, 3.63) is 17.0 Å². The number of nitriles is 1. The highest BCUT2D eigenvalue weighted by Crippen LogP contribution is 2.23. The SMILES string of the molecule is CC1CCC(CN)CN1CCC(=O)Nc1sccc1C#N. The molecule has 1 saturated heterocycles. The quantitative estimate of drug-likeness (QED) is 0.872.